The van der Waals surface area contributed by atoms with Crippen LogP contribution < -0.4 is 4.72 Å². The quantitative estimate of drug-likeness (QED) is 0.636. The van der Waals surface area contributed by atoms with Crippen LogP contribution in [0.4, 0.5) is 0 Å². The second kappa shape index (κ2) is 4.91. The first kappa shape index (κ1) is 10.1. The number of nitrogens with zero attached hydrogens (tertiary/aromatic N) is 1. The van der Waals surface area contributed by atoms with Crippen molar-refractivity contribution in [2.75, 3.05) is 39.6 Å². The molecule has 5 heteroatoms. The molecule has 0 radical (unpaired) electrons. The molecule has 4 nitrogen and oxygen atoms in total. The summed E-state index contributed by atoms with van der Waals surface area (Å²) in [7, 11) is 1.15. The van der Waals surface area contributed by atoms with E-state index in [2.05, 4.69) is 16.7 Å². The summed E-state index contributed by atoms with van der Waals surface area (Å²) in [6.45, 7) is 3.24. The van der Waals surface area contributed by atoms with E-state index < -0.39 is 11.0 Å². The molecule has 1 N–H and O–H groups in total. The molecule has 1 aliphatic heterocycles. The highest BCUT2D eigenvalue weighted by atomic mass is 32.2. The Morgan fingerprint density at radius 3 is 3.08 bits per heavy atom. The summed E-state index contributed by atoms with van der Waals surface area (Å²) in [4.78, 5) is 2.23. The third kappa shape index (κ3) is 3.18. The summed E-state index contributed by atoms with van der Waals surface area (Å²) in [5.74, 6) is 0. The summed E-state index contributed by atoms with van der Waals surface area (Å²) in [5, 5.41) is 0. The van der Waals surface area contributed by atoms with Gasteiger partial charge in [0.05, 0.1) is 24.2 Å². The summed E-state index contributed by atoms with van der Waals surface area (Å²) in [6.07, 6.45) is 1.64. The Hall–Kier alpha value is 0.0300. The number of likely N-dealkylation sites (N-methyl/N-ethyl adjacent to an activating group) is 1. The van der Waals surface area contributed by atoms with Crippen molar-refractivity contribution < 1.29 is 8.95 Å². The average molecular weight is 192 g/mol. The van der Waals surface area contributed by atoms with Crippen molar-refractivity contribution in [3.05, 3.63) is 0 Å². The van der Waals surface area contributed by atoms with Gasteiger partial charge in [-0.25, -0.2) is 8.93 Å². The van der Waals surface area contributed by atoms with Crippen LogP contribution in [0.25, 0.3) is 0 Å². The topological polar surface area (TPSA) is 41.6 Å². The maximum Gasteiger partial charge on any atom is 0.0884 e. The van der Waals surface area contributed by atoms with Gasteiger partial charge in [-0.3, -0.25) is 4.90 Å². The molecule has 2 atom stereocenters. The van der Waals surface area contributed by atoms with E-state index in [4.69, 9.17) is 4.74 Å². The van der Waals surface area contributed by atoms with E-state index in [-0.39, 0.29) is 0 Å². The van der Waals surface area contributed by atoms with Crippen molar-refractivity contribution in [3.8, 4) is 0 Å². The Morgan fingerprint density at radius 2 is 2.50 bits per heavy atom. The molecule has 12 heavy (non-hydrogen) atoms. The fourth-order valence-electron chi connectivity index (χ4n) is 1.17. The summed E-state index contributed by atoms with van der Waals surface area (Å²) in [5.41, 5.74) is 0. The van der Waals surface area contributed by atoms with Crippen molar-refractivity contribution in [1.82, 2.24) is 9.62 Å². The van der Waals surface area contributed by atoms with Crippen LogP contribution in [0.15, 0.2) is 0 Å². The standard InChI is InChI=1S/C7H16N2O2S/c1-9-3-4-11-6-7(9)5-8-12(2)10/h7-8H,3-6H2,1-2H3. The Kier molecular flexibility index (Phi) is 4.14. The average Bonchev–Trinajstić information content (AvgIpc) is 2.03. The summed E-state index contributed by atoms with van der Waals surface area (Å²) < 4.78 is 18.9. The number of hydrogen-bond donors (Lipinski definition) is 1. The van der Waals surface area contributed by atoms with Gasteiger partial charge in [-0.05, 0) is 7.05 Å². The number of rotatable bonds is 3. The van der Waals surface area contributed by atoms with E-state index in [1.807, 2.05) is 0 Å². The van der Waals surface area contributed by atoms with E-state index in [9.17, 15) is 4.21 Å². The zero-order chi connectivity index (χ0) is 8.97. The van der Waals surface area contributed by atoms with Gasteiger partial charge >= 0.3 is 0 Å². The Labute approximate surface area is 75.9 Å². The molecule has 2 unspecified atom stereocenters. The third-order valence-corrected chi connectivity index (χ3v) is 2.62. The third-order valence-electron chi connectivity index (χ3n) is 2.04. The van der Waals surface area contributed by atoms with Gasteiger partial charge in [-0.15, -0.1) is 0 Å². The number of morpholine rings is 1. The summed E-state index contributed by atoms with van der Waals surface area (Å²) in [6, 6.07) is 0.364. The molecule has 1 rings (SSSR count). The zero-order valence-corrected chi connectivity index (χ0v) is 8.39. The molecular formula is C7H16N2O2S. The number of hydrogen-bond acceptors (Lipinski definition) is 3. The van der Waals surface area contributed by atoms with Crippen LogP contribution >= 0.6 is 0 Å². The first-order chi connectivity index (χ1) is 5.70. The lowest BCUT2D eigenvalue weighted by atomic mass is 10.2. The molecule has 0 aromatic heterocycles. The van der Waals surface area contributed by atoms with Crippen molar-refractivity contribution in [3.63, 3.8) is 0 Å². The monoisotopic (exact) mass is 192 g/mol. The minimum atomic E-state index is -0.914. The lowest BCUT2D eigenvalue weighted by Gasteiger charge is -2.32. The van der Waals surface area contributed by atoms with Gasteiger partial charge in [-0.1, -0.05) is 0 Å². The van der Waals surface area contributed by atoms with Crippen LogP contribution in [0.2, 0.25) is 0 Å². The molecule has 0 amide bonds. The second-order valence-electron chi connectivity index (χ2n) is 3.01. The molecule has 1 aliphatic rings. The van der Waals surface area contributed by atoms with Crippen LogP contribution in [0.1, 0.15) is 0 Å². The van der Waals surface area contributed by atoms with E-state index in [0.29, 0.717) is 6.04 Å². The lowest BCUT2D eigenvalue weighted by Crippen LogP contribution is -2.48. The van der Waals surface area contributed by atoms with Crippen LogP contribution in [0, 0.1) is 0 Å². The van der Waals surface area contributed by atoms with Gasteiger partial charge in [-0.2, -0.15) is 0 Å². The first-order valence-electron chi connectivity index (χ1n) is 4.05. The largest absolute Gasteiger partial charge is 0.378 e. The first-order valence-corrected chi connectivity index (χ1v) is 5.61. The fourth-order valence-corrected chi connectivity index (χ4v) is 1.59. The predicted molar refractivity (Wildman–Crippen MR) is 49.3 cm³/mol. The molecule has 0 bridgehead atoms. The van der Waals surface area contributed by atoms with Crippen molar-refractivity contribution in [1.29, 1.82) is 0 Å². The SMILES string of the molecule is CN1CCOCC1CNS(C)=O. The molecule has 0 spiro atoms. The minimum Gasteiger partial charge on any atom is -0.378 e. The molecule has 0 saturated carbocycles. The van der Waals surface area contributed by atoms with Gasteiger partial charge in [0.1, 0.15) is 0 Å². The van der Waals surface area contributed by atoms with E-state index in [0.717, 1.165) is 26.3 Å². The second-order valence-corrected chi connectivity index (χ2v) is 4.21. The summed E-state index contributed by atoms with van der Waals surface area (Å²) >= 11 is 0. The van der Waals surface area contributed by atoms with E-state index in [1.165, 1.54) is 0 Å². The molecule has 1 fully saturated rings. The van der Waals surface area contributed by atoms with Gasteiger partial charge in [0.25, 0.3) is 0 Å². The van der Waals surface area contributed by atoms with Crippen LogP contribution in [0.3, 0.4) is 0 Å². The molecule has 0 aromatic carbocycles. The number of nitrogens with one attached hydrogen (secondary N) is 1. The highest BCUT2D eigenvalue weighted by molar-refractivity contribution is 7.82. The zero-order valence-electron chi connectivity index (χ0n) is 7.58. The van der Waals surface area contributed by atoms with Crippen molar-refractivity contribution >= 4 is 11.0 Å². The van der Waals surface area contributed by atoms with Crippen LogP contribution in [-0.4, -0.2) is 54.8 Å². The number of ether oxygens (including phenoxy) is 1. The van der Waals surface area contributed by atoms with E-state index >= 15 is 0 Å². The van der Waals surface area contributed by atoms with Crippen LogP contribution in [0.5, 0.6) is 0 Å². The predicted octanol–water partition coefficient (Wildman–Crippen LogP) is -0.800. The Balaban J connectivity index is 2.24. The van der Waals surface area contributed by atoms with Crippen molar-refractivity contribution in [2.24, 2.45) is 0 Å². The van der Waals surface area contributed by atoms with Gasteiger partial charge in [0.15, 0.2) is 0 Å². The minimum absolute atomic E-state index is 0.364. The molecule has 0 aliphatic carbocycles. The highest BCUT2D eigenvalue weighted by Gasteiger charge is 2.18. The smallest absolute Gasteiger partial charge is 0.0884 e. The Bertz CT molecular complexity index is 165. The van der Waals surface area contributed by atoms with Gasteiger partial charge < -0.3 is 4.74 Å². The molecule has 72 valence electrons. The lowest BCUT2D eigenvalue weighted by molar-refractivity contribution is 0.00835. The molecular weight excluding hydrogens is 176 g/mol. The fraction of sp³-hybridized carbons (Fsp3) is 1.00. The maximum absolute atomic E-state index is 10.7. The van der Waals surface area contributed by atoms with Gasteiger partial charge in [0, 0.05) is 25.4 Å². The van der Waals surface area contributed by atoms with Gasteiger partial charge in [0.2, 0.25) is 0 Å². The molecule has 0 aromatic rings. The normalized spacial score (nSPS) is 28.7. The Morgan fingerprint density at radius 1 is 1.75 bits per heavy atom. The maximum atomic E-state index is 10.7. The molecule has 1 heterocycles. The highest BCUT2D eigenvalue weighted by Crippen LogP contribution is 2.02. The van der Waals surface area contributed by atoms with Crippen LogP contribution in [-0.2, 0) is 15.7 Å². The van der Waals surface area contributed by atoms with Crippen molar-refractivity contribution in [2.45, 2.75) is 6.04 Å². The van der Waals surface area contributed by atoms with E-state index in [1.54, 1.807) is 6.26 Å². The molecule has 1 saturated heterocycles.